The first-order chi connectivity index (χ1) is 11.0. The lowest BCUT2D eigenvalue weighted by molar-refractivity contribution is -0.157. The van der Waals surface area contributed by atoms with Crippen molar-refractivity contribution in [2.75, 3.05) is 6.61 Å². The van der Waals surface area contributed by atoms with Gasteiger partial charge in [-0.3, -0.25) is 9.59 Å². The summed E-state index contributed by atoms with van der Waals surface area (Å²) in [5.74, 6) is -2.65. The number of hydrogen-bond donors (Lipinski definition) is 1. The van der Waals surface area contributed by atoms with Crippen LogP contribution >= 0.6 is 0 Å². The molecule has 0 aromatic carbocycles. The Kier molecular flexibility index (Phi) is 8.97. The fraction of sp³-hybridized carbons (Fsp3) is 0.789. The van der Waals surface area contributed by atoms with Gasteiger partial charge in [-0.05, 0) is 19.3 Å². The molecule has 0 fully saturated rings. The zero-order valence-electron chi connectivity index (χ0n) is 14.8. The highest BCUT2D eigenvalue weighted by atomic mass is 16.5. The molecule has 0 saturated carbocycles. The molecule has 4 heteroatoms. The maximum Gasteiger partial charge on any atom is 0.311 e. The predicted octanol–water partition coefficient (Wildman–Crippen LogP) is 4.58. The average Bonchev–Trinajstić information content (AvgIpc) is 2.80. The number of allylic oxidation sites excluding steroid dienone is 1. The molecule has 3 atom stereocenters. The van der Waals surface area contributed by atoms with Crippen LogP contribution in [0.4, 0.5) is 0 Å². The summed E-state index contributed by atoms with van der Waals surface area (Å²) in [4.78, 5) is 23.6. The van der Waals surface area contributed by atoms with Gasteiger partial charge in [0, 0.05) is 0 Å². The van der Waals surface area contributed by atoms with Crippen LogP contribution in [0.25, 0.3) is 0 Å². The van der Waals surface area contributed by atoms with Crippen LogP contribution < -0.4 is 0 Å². The minimum absolute atomic E-state index is 0.0674. The van der Waals surface area contributed by atoms with E-state index in [1.54, 1.807) is 6.92 Å². The summed E-state index contributed by atoms with van der Waals surface area (Å²) in [6.45, 7) is 6.28. The zero-order chi connectivity index (χ0) is 17.2. The Hall–Kier alpha value is -1.32. The van der Waals surface area contributed by atoms with Gasteiger partial charge in [-0.2, -0.15) is 0 Å². The van der Waals surface area contributed by atoms with E-state index in [1.807, 2.05) is 13.0 Å². The quantitative estimate of drug-likeness (QED) is 0.343. The Labute approximate surface area is 140 Å². The maximum absolute atomic E-state index is 12.2. The number of unbranched alkanes of at least 4 members (excludes halogenated alkanes) is 7. The minimum atomic E-state index is -0.933. The Balaban J connectivity index is 2.20. The van der Waals surface area contributed by atoms with E-state index >= 15 is 0 Å². The number of aliphatic carboxylic acids is 1. The van der Waals surface area contributed by atoms with Crippen molar-refractivity contribution in [1.29, 1.82) is 0 Å². The number of hydrogen-bond acceptors (Lipinski definition) is 3. The monoisotopic (exact) mass is 324 g/mol. The molecule has 132 valence electrons. The van der Waals surface area contributed by atoms with Crippen molar-refractivity contribution in [2.45, 2.75) is 72.1 Å². The van der Waals surface area contributed by atoms with Crippen LogP contribution in [0.3, 0.4) is 0 Å². The molecule has 0 bridgehead atoms. The second kappa shape index (κ2) is 10.5. The average molecular weight is 324 g/mol. The summed E-state index contributed by atoms with van der Waals surface area (Å²) in [6.07, 6.45) is 11.4. The van der Waals surface area contributed by atoms with E-state index in [0.717, 1.165) is 18.4 Å². The Morgan fingerprint density at radius 2 is 1.65 bits per heavy atom. The lowest BCUT2D eigenvalue weighted by Crippen LogP contribution is -2.32. The van der Waals surface area contributed by atoms with Gasteiger partial charge in [0.15, 0.2) is 0 Å². The third-order valence-electron chi connectivity index (χ3n) is 4.72. The lowest BCUT2D eigenvalue weighted by Gasteiger charge is -2.20. The first-order valence-corrected chi connectivity index (χ1v) is 9.06. The van der Waals surface area contributed by atoms with Crippen molar-refractivity contribution in [1.82, 2.24) is 0 Å². The standard InChI is InChI=1S/C19H32O4/c1-4-5-6-7-8-9-10-11-12-23-19(22)17-15(3)13-14(2)16(17)18(20)21/h13,15-17H,4-12H2,1-3H3,(H,20,21). The number of carbonyl (C=O) groups is 2. The highest BCUT2D eigenvalue weighted by Crippen LogP contribution is 2.37. The summed E-state index contributed by atoms with van der Waals surface area (Å²) < 4.78 is 5.33. The highest BCUT2D eigenvalue weighted by Gasteiger charge is 2.43. The molecular weight excluding hydrogens is 292 g/mol. The highest BCUT2D eigenvalue weighted by molar-refractivity contribution is 5.85. The number of esters is 1. The van der Waals surface area contributed by atoms with Crippen molar-refractivity contribution >= 4 is 11.9 Å². The van der Waals surface area contributed by atoms with Crippen LogP contribution in [0, 0.1) is 17.8 Å². The molecule has 0 amide bonds. The molecule has 3 unspecified atom stereocenters. The van der Waals surface area contributed by atoms with Crippen LogP contribution in [0.15, 0.2) is 11.6 Å². The summed E-state index contributed by atoms with van der Waals surface area (Å²) in [7, 11) is 0. The predicted molar refractivity (Wildman–Crippen MR) is 91.1 cm³/mol. The number of rotatable bonds is 11. The first kappa shape index (κ1) is 19.7. The Bertz CT molecular complexity index is 414. The first-order valence-electron chi connectivity index (χ1n) is 9.06. The van der Waals surface area contributed by atoms with E-state index in [-0.39, 0.29) is 11.9 Å². The molecule has 1 N–H and O–H groups in total. The van der Waals surface area contributed by atoms with Crippen molar-refractivity contribution in [3.8, 4) is 0 Å². The van der Waals surface area contributed by atoms with Crippen LogP contribution in [0.2, 0.25) is 0 Å². The SMILES string of the molecule is CCCCCCCCCCOC(=O)C1C(C)C=C(C)C1C(=O)O. The molecule has 0 heterocycles. The van der Waals surface area contributed by atoms with Crippen LogP contribution in [0.5, 0.6) is 0 Å². The number of carbonyl (C=O) groups excluding carboxylic acids is 1. The third kappa shape index (κ3) is 6.36. The molecule has 0 aliphatic heterocycles. The van der Waals surface area contributed by atoms with E-state index in [0.29, 0.717) is 6.61 Å². The van der Waals surface area contributed by atoms with Gasteiger partial charge in [0.25, 0.3) is 0 Å². The fourth-order valence-electron chi connectivity index (χ4n) is 3.41. The molecule has 0 spiro atoms. The topological polar surface area (TPSA) is 63.6 Å². The lowest BCUT2D eigenvalue weighted by atomic mass is 9.87. The van der Waals surface area contributed by atoms with Gasteiger partial charge in [0.1, 0.15) is 0 Å². The van der Waals surface area contributed by atoms with Crippen molar-refractivity contribution in [2.24, 2.45) is 17.8 Å². The van der Waals surface area contributed by atoms with Crippen molar-refractivity contribution in [3.05, 3.63) is 11.6 Å². The maximum atomic E-state index is 12.2. The molecule has 1 rings (SSSR count). The third-order valence-corrected chi connectivity index (χ3v) is 4.72. The van der Waals surface area contributed by atoms with E-state index in [1.165, 1.54) is 38.5 Å². The van der Waals surface area contributed by atoms with Crippen LogP contribution in [-0.4, -0.2) is 23.7 Å². The van der Waals surface area contributed by atoms with Gasteiger partial charge in [-0.25, -0.2) is 0 Å². The van der Waals surface area contributed by atoms with E-state index in [9.17, 15) is 14.7 Å². The van der Waals surface area contributed by atoms with E-state index < -0.39 is 17.8 Å². The molecule has 0 saturated heterocycles. The number of ether oxygens (including phenoxy) is 1. The van der Waals surface area contributed by atoms with Crippen LogP contribution in [-0.2, 0) is 14.3 Å². The largest absolute Gasteiger partial charge is 0.481 e. The summed E-state index contributed by atoms with van der Waals surface area (Å²) in [6, 6.07) is 0. The van der Waals surface area contributed by atoms with Gasteiger partial charge in [-0.15, -0.1) is 0 Å². The molecular formula is C19H32O4. The van der Waals surface area contributed by atoms with Gasteiger partial charge in [0.2, 0.25) is 0 Å². The molecule has 0 radical (unpaired) electrons. The molecule has 1 aliphatic carbocycles. The molecule has 0 aromatic heterocycles. The smallest absolute Gasteiger partial charge is 0.311 e. The zero-order valence-corrected chi connectivity index (χ0v) is 14.8. The van der Waals surface area contributed by atoms with E-state index in [2.05, 4.69) is 6.92 Å². The van der Waals surface area contributed by atoms with Gasteiger partial charge >= 0.3 is 11.9 Å². The molecule has 4 nitrogen and oxygen atoms in total. The summed E-state index contributed by atoms with van der Waals surface area (Å²) in [5.41, 5.74) is 0.763. The normalized spacial score (nSPS) is 23.6. The van der Waals surface area contributed by atoms with Gasteiger partial charge in [-0.1, -0.05) is 70.4 Å². The van der Waals surface area contributed by atoms with Gasteiger partial charge in [0.05, 0.1) is 18.4 Å². The molecule has 23 heavy (non-hydrogen) atoms. The Morgan fingerprint density at radius 3 is 2.22 bits per heavy atom. The van der Waals surface area contributed by atoms with Gasteiger partial charge < -0.3 is 9.84 Å². The summed E-state index contributed by atoms with van der Waals surface area (Å²) >= 11 is 0. The fourth-order valence-corrected chi connectivity index (χ4v) is 3.41. The van der Waals surface area contributed by atoms with Crippen molar-refractivity contribution in [3.63, 3.8) is 0 Å². The molecule has 1 aliphatic rings. The summed E-state index contributed by atoms with van der Waals surface area (Å²) in [5, 5.41) is 9.30. The minimum Gasteiger partial charge on any atom is -0.481 e. The second-order valence-electron chi connectivity index (χ2n) is 6.75. The number of carboxylic acids is 1. The number of carboxylic acid groups (broad SMARTS) is 1. The molecule has 0 aromatic rings. The van der Waals surface area contributed by atoms with Crippen molar-refractivity contribution < 1.29 is 19.4 Å². The Morgan fingerprint density at radius 1 is 1.09 bits per heavy atom. The van der Waals surface area contributed by atoms with Crippen LogP contribution in [0.1, 0.15) is 72.1 Å². The second-order valence-corrected chi connectivity index (χ2v) is 6.75. The van der Waals surface area contributed by atoms with E-state index in [4.69, 9.17) is 4.74 Å².